The van der Waals surface area contributed by atoms with Crippen molar-refractivity contribution in [2.24, 2.45) is 5.92 Å². The van der Waals surface area contributed by atoms with E-state index in [-0.39, 0.29) is 6.09 Å². The molecule has 0 unspecified atom stereocenters. The highest BCUT2D eigenvalue weighted by atomic mass is 32.1. The van der Waals surface area contributed by atoms with E-state index in [0.717, 1.165) is 68.2 Å². The molecule has 0 aliphatic carbocycles. The van der Waals surface area contributed by atoms with E-state index in [4.69, 9.17) is 14.2 Å². The molecule has 2 heterocycles. The van der Waals surface area contributed by atoms with Gasteiger partial charge in [-0.2, -0.15) is 0 Å². The first-order valence-corrected chi connectivity index (χ1v) is 11.3. The van der Waals surface area contributed by atoms with Crippen molar-refractivity contribution in [2.75, 3.05) is 26.3 Å². The van der Waals surface area contributed by atoms with Crippen molar-refractivity contribution in [3.63, 3.8) is 0 Å². The van der Waals surface area contributed by atoms with E-state index in [2.05, 4.69) is 11.9 Å². The summed E-state index contributed by atoms with van der Waals surface area (Å²) in [5.41, 5.74) is 1.74. The molecule has 0 saturated carbocycles. The quantitative estimate of drug-likeness (QED) is 0.500. The predicted molar refractivity (Wildman–Crippen MR) is 114 cm³/mol. The first-order chi connectivity index (χ1) is 14.2. The van der Waals surface area contributed by atoms with Gasteiger partial charge in [-0.05, 0) is 43.7 Å². The maximum atomic E-state index is 12.2. The fourth-order valence-electron chi connectivity index (χ4n) is 3.27. The number of thiazole rings is 1. The molecule has 3 rings (SSSR count). The fourth-order valence-corrected chi connectivity index (χ4v) is 3.78. The van der Waals surface area contributed by atoms with Crippen LogP contribution in [0.2, 0.25) is 0 Å². The number of nitrogens with zero attached hydrogens (tertiary/aromatic N) is 2. The van der Waals surface area contributed by atoms with E-state index >= 15 is 0 Å². The molecule has 7 heteroatoms. The van der Waals surface area contributed by atoms with Gasteiger partial charge in [-0.3, -0.25) is 4.98 Å². The van der Waals surface area contributed by atoms with Crippen LogP contribution in [0.15, 0.2) is 36.0 Å². The standard InChI is InChI=1S/C22H30N2O4S/c1-2-3-12-26-19-5-4-6-20(14-19)27-13-9-18-7-10-24(11-8-18)22(25)28-16-21-15-23-17-29-21/h4-6,14-15,17-18H,2-3,7-13,16H2,1H3. The average molecular weight is 419 g/mol. The second-order valence-corrected chi connectivity index (χ2v) is 8.24. The monoisotopic (exact) mass is 418 g/mol. The summed E-state index contributed by atoms with van der Waals surface area (Å²) < 4.78 is 17.0. The Morgan fingerprint density at radius 1 is 1.21 bits per heavy atom. The Hall–Kier alpha value is -2.28. The maximum absolute atomic E-state index is 12.2. The minimum absolute atomic E-state index is 0.229. The molecule has 1 fully saturated rings. The first kappa shape index (κ1) is 21.4. The van der Waals surface area contributed by atoms with Crippen LogP contribution in [0.4, 0.5) is 4.79 Å². The fraction of sp³-hybridized carbons (Fsp3) is 0.545. The van der Waals surface area contributed by atoms with E-state index in [9.17, 15) is 4.79 Å². The number of rotatable bonds is 10. The molecule has 0 radical (unpaired) electrons. The van der Waals surface area contributed by atoms with Crippen LogP contribution >= 0.6 is 11.3 Å². The molecular formula is C22H30N2O4S. The van der Waals surface area contributed by atoms with Crippen molar-refractivity contribution in [1.29, 1.82) is 0 Å². The van der Waals surface area contributed by atoms with Crippen LogP contribution < -0.4 is 9.47 Å². The molecule has 1 aromatic heterocycles. The Kier molecular flexibility index (Phi) is 8.61. The minimum Gasteiger partial charge on any atom is -0.493 e. The number of hydrogen-bond acceptors (Lipinski definition) is 6. The molecule has 0 N–H and O–H groups in total. The molecule has 6 nitrogen and oxygen atoms in total. The summed E-state index contributed by atoms with van der Waals surface area (Å²) in [5.74, 6) is 2.29. The summed E-state index contributed by atoms with van der Waals surface area (Å²) in [7, 11) is 0. The number of unbranched alkanes of at least 4 members (excludes halogenated alkanes) is 1. The number of ether oxygens (including phenoxy) is 3. The van der Waals surface area contributed by atoms with Crippen molar-refractivity contribution < 1.29 is 19.0 Å². The van der Waals surface area contributed by atoms with Gasteiger partial charge in [-0.15, -0.1) is 11.3 Å². The van der Waals surface area contributed by atoms with Gasteiger partial charge in [0, 0.05) is 25.4 Å². The van der Waals surface area contributed by atoms with Crippen LogP contribution in [0.3, 0.4) is 0 Å². The van der Waals surface area contributed by atoms with E-state index in [1.807, 2.05) is 24.3 Å². The van der Waals surface area contributed by atoms with Gasteiger partial charge in [-0.25, -0.2) is 4.79 Å². The molecular weight excluding hydrogens is 388 g/mol. The topological polar surface area (TPSA) is 60.9 Å². The van der Waals surface area contributed by atoms with Crippen LogP contribution in [-0.2, 0) is 11.3 Å². The summed E-state index contributed by atoms with van der Waals surface area (Å²) in [6.45, 7) is 5.36. The zero-order chi connectivity index (χ0) is 20.3. The Balaban J connectivity index is 1.32. The van der Waals surface area contributed by atoms with Crippen LogP contribution in [-0.4, -0.2) is 42.3 Å². The molecule has 158 valence electrons. The molecule has 1 amide bonds. The van der Waals surface area contributed by atoms with Crippen molar-refractivity contribution in [3.8, 4) is 11.5 Å². The zero-order valence-electron chi connectivity index (χ0n) is 17.0. The van der Waals surface area contributed by atoms with Crippen molar-refractivity contribution in [1.82, 2.24) is 9.88 Å². The number of amides is 1. The van der Waals surface area contributed by atoms with Gasteiger partial charge >= 0.3 is 6.09 Å². The molecule has 1 aliphatic rings. The Morgan fingerprint density at radius 3 is 2.66 bits per heavy atom. The average Bonchev–Trinajstić information content (AvgIpc) is 3.27. The summed E-state index contributed by atoms with van der Waals surface area (Å²) >= 11 is 1.50. The molecule has 0 bridgehead atoms. The minimum atomic E-state index is -0.229. The molecule has 1 saturated heterocycles. The number of aromatic nitrogens is 1. The van der Waals surface area contributed by atoms with Crippen molar-refractivity contribution in [3.05, 3.63) is 40.8 Å². The Morgan fingerprint density at radius 2 is 1.97 bits per heavy atom. The summed E-state index contributed by atoms with van der Waals surface area (Å²) in [4.78, 5) is 18.9. The second kappa shape index (κ2) is 11.7. The lowest BCUT2D eigenvalue weighted by Gasteiger charge is -2.31. The lowest BCUT2D eigenvalue weighted by molar-refractivity contribution is 0.0807. The molecule has 29 heavy (non-hydrogen) atoms. The number of benzene rings is 1. The molecule has 0 spiro atoms. The van der Waals surface area contributed by atoms with Gasteiger partial charge < -0.3 is 19.1 Å². The Bertz CT molecular complexity index is 730. The third-order valence-corrected chi connectivity index (χ3v) is 5.81. The third-order valence-electron chi connectivity index (χ3n) is 5.06. The van der Waals surface area contributed by atoms with Crippen LogP contribution in [0, 0.1) is 5.92 Å². The Labute approximate surface area is 176 Å². The molecule has 0 atom stereocenters. The normalized spacial score (nSPS) is 14.6. The van der Waals surface area contributed by atoms with E-state index < -0.39 is 0 Å². The van der Waals surface area contributed by atoms with Crippen LogP contribution in [0.1, 0.15) is 43.9 Å². The molecule has 1 aliphatic heterocycles. The van der Waals surface area contributed by atoms with E-state index in [1.54, 1.807) is 16.6 Å². The highest BCUT2D eigenvalue weighted by Crippen LogP contribution is 2.24. The van der Waals surface area contributed by atoms with E-state index in [1.165, 1.54) is 11.3 Å². The second-order valence-electron chi connectivity index (χ2n) is 7.27. The largest absolute Gasteiger partial charge is 0.493 e. The lowest BCUT2D eigenvalue weighted by Crippen LogP contribution is -2.39. The van der Waals surface area contributed by atoms with Gasteiger partial charge in [0.15, 0.2) is 0 Å². The number of likely N-dealkylation sites (tertiary alicyclic amines) is 1. The smallest absolute Gasteiger partial charge is 0.410 e. The number of hydrogen-bond donors (Lipinski definition) is 0. The lowest BCUT2D eigenvalue weighted by atomic mass is 9.94. The first-order valence-electron chi connectivity index (χ1n) is 10.4. The highest BCUT2D eigenvalue weighted by Gasteiger charge is 2.23. The molecule has 2 aromatic rings. The summed E-state index contributed by atoms with van der Waals surface area (Å²) in [6, 6.07) is 7.85. The number of carbonyl (C=O) groups is 1. The van der Waals surface area contributed by atoms with Gasteiger partial charge in [0.1, 0.15) is 18.1 Å². The summed E-state index contributed by atoms with van der Waals surface area (Å²) in [5, 5.41) is 0. The number of piperidine rings is 1. The third kappa shape index (κ3) is 7.24. The van der Waals surface area contributed by atoms with E-state index in [0.29, 0.717) is 19.1 Å². The zero-order valence-corrected chi connectivity index (χ0v) is 17.9. The van der Waals surface area contributed by atoms with Gasteiger partial charge in [0.25, 0.3) is 0 Å². The highest BCUT2D eigenvalue weighted by molar-refractivity contribution is 7.09. The SMILES string of the molecule is CCCCOc1cccc(OCCC2CCN(C(=O)OCc3cncs3)CC2)c1. The van der Waals surface area contributed by atoms with Crippen LogP contribution in [0.5, 0.6) is 11.5 Å². The predicted octanol–water partition coefficient (Wildman–Crippen LogP) is 5.14. The maximum Gasteiger partial charge on any atom is 0.410 e. The van der Waals surface area contributed by atoms with Crippen molar-refractivity contribution in [2.45, 2.75) is 45.6 Å². The van der Waals surface area contributed by atoms with Gasteiger partial charge in [0.2, 0.25) is 0 Å². The summed E-state index contributed by atoms with van der Waals surface area (Å²) in [6.07, 6.45) is 6.65. The van der Waals surface area contributed by atoms with Gasteiger partial charge in [-0.1, -0.05) is 19.4 Å². The van der Waals surface area contributed by atoms with Crippen LogP contribution in [0.25, 0.3) is 0 Å². The van der Waals surface area contributed by atoms with Gasteiger partial charge in [0.05, 0.1) is 23.6 Å². The molecule has 1 aromatic carbocycles. The van der Waals surface area contributed by atoms with Crippen molar-refractivity contribution >= 4 is 17.4 Å². The number of carbonyl (C=O) groups excluding carboxylic acids is 1.